The predicted octanol–water partition coefficient (Wildman–Crippen LogP) is 0.0778. The molecule has 10 heteroatoms. The summed E-state index contributed by atoms with van der Waals surface area (Å²) in [5.41, 5.74) is -0.0703. The van der Waals surface area contributed by atoms with Crippen LogP contribution in [0.1, 0.15) is 32.1 Å². The van der Waals surface area contributed by atoms with Crippen molar-refractivity contribution in [2.45, 2.75) is 50.4 Å². The van der Waals surface area contributed by atoms with Gasteiger partial charge in [0.2, 0.25) is 0 Å². The minimum absolute atomic E-state index is 0.0703. The Morgan fingerprint density at radius 2 is 1.93 bits per heavy atom. The molecule has 0 aromatic carbocycles. The molecule has 4 atom stereocenters. The molecule has 0 aliphatic carbocycles. The quantitative estimate of drug-likeness (QED) is 0.684. The summed E-state index contributed by atoms with van der Waals surface area (Å²) in [6.45, 7) is 5.52. The maximum atomic E-state index is 12.7. The normalized spacial score (nSPS) is 36.2. The molecule has 5 heterocycles. The Labute approximate surface area is 166 Å². The molecule has 156 valence electrons. The summed E-state index contributed by atoms with van der Waals surface area (Å²) in [6, 6.07) is 0. The molecule has 4 fully saturated rings. The molecule has 1 aromatic heterocycles. The summed E-state index contributed by atoms with van der Waals surface area (Å²) in [5, 5.41) is 7.72. The summed E-state index contributed by atoms with van der Waals surface area (Å²) in [6.07, 6.45) is 8.89. The first-order valence-corrected chi connectivity index (χ1v) is 12.0. The number of hydrogen-bond donors (Lipinski definition) is 1. The van der Waals surface area contributed by atoms with Crippen LogP contribution in [0.15, 0.2) is 12.7 Å². The van der Waals surface area contributed by atoms with E-state index in [0.29, 0.717) is 25.6 Å². The SMILES string of the molecule is O=S(=O)(NC[C@H]1[C@H]2CN(CCn3cnnc3)C[C@]23CC[C@H]1O3)N1CCCCC1. The van der Waals surface area contributed by atoms with Crippen LogP contribution in [-0.4, -0.2) is 83.4 Å². The van der Waals surface area contributed by atoms with Crippen LogP contribution in [0.25, 0.3) is 0 Å². The monoisotopic (exact) mass is 410 g/mol. The molecule has 4 aliphatic rings. The fraction of sp³-hybridized carbons (Fsp3) is 0.889. The fourth-order valence-corrected chi connectivity index (χ4v) is 7.05. The van der Waals surface area contributed by atoms with Crippen molar-refractivity contribution in [2.75, 3.05) is 39.3 Å². The van der Waals surface area contributed by atoms with Gasteiger partial charge in [0, 0.05) is 57.6 Å². The molecule has 2 bridgehead atoms. The van der Waals surface area contributed by atoms with Gasteiger partial charge in [-0.3, -0.25) is 4.90 Å². The largest absolute Gasteiger partial charge is 0.370 e. The van der Waals surface area contributed by atoms with Gasteiger partial charge >= 0.3 is 0 Å². The fourth-order valence-electron chi connectivity index (χ4n) is 5.72. The van der Waals surface area contributed by atoms with Gasteiger partial charge in [-0.05, 0) is 25.7 Å². The highest BCUT2D eigenvalue weighted by Crippen LogP contribution is 2.54. The standard InChI is InChI=1S/C18H30N6O3S/c25-28(26,24-6-2-1-3-7-24)21-10-15-16-11-22(8-9-23-13-19-20-14-23)12-18(16)5-4-17(15)27-18/h13-17,21H,1-12H2/t15-,16+,17+,18+/m0/s1. The lowest BCUT2D eigenvalue weighted by Crippen LogP contribution is -2.47. The zero-order valence-corrected chi connectivity index (χ0v) is 17.1. The average Bonchev–Trinajstić information content (AvgIpc) is 3.46. The van der Waals surface area contributed by atoms with E-state index >= 15 is 0 Å². The van der Waals surface area contributed by atoms with Crippen LogP contribution in [0.4, 0.5) is 0 Å². The van der Waals surface area contributed by atoms with Crippen LogP contribution in [0.2, 0.25) is 0 Å². The van der Waals surface area contributed by atoms with E-state index in [9.17, 15) is 8.42 Å². The molecule has 28 heavy (non-hydrogen) atoms. The minimum Gasteiger partial charge on any atom is -0.370 e. The number of ether oxygens (including phenoxy) is 1. The summed E-state index contributed by atoms with van der Waals surface area (Å²) in [7, 11) is -3.38. The van der Waals surface area contributed by atoms with Crippen LogP contribution in [0, 0.1) is 11.8 Å². The lowest BCUT2D eigenvalue weighted by atomic mass is 9.74. The molecule has 1 aromatic rings. The third-order valence-corrected chi connectivity index (χ3v) is 8.73. The molecule has 0 amide bonds. The van der Waals surface area contributed by atoms with Gasteiger partial charge in [0.05, 0.1) is 11.7 Å². The maximum Gasteiger partial charge on any atom is 0.279 e. The second-order valence-electron chi connectivity index (χ2n) is 8.78. The van der Waals surface area contributed by atoms with Crippen molar-refractivity contribution in [3.05, 3.63) is 12.7 Å². The number of aromatic nitrogens is 3. The van der Waals surface area contributed by atoms with Crippen LogP contribution in [0.5, 0.6) is 0 Å². The zero-order valence-electron chi connectivity index (χ0n) is 16.2. The molecule has 1 spiro atoms. The van der Waals surface area contributed by atoms with Gasteiger partial charge in [-0.1, -0.05) is 6.42 Å². The molecule has 5 rings (SSSR count). The molecule has 0 radical (unpaired) electrons. The van der Waals surface area contributed by atoms with Crippen molar-refractivity contribution in [2.24, 2.45) is 11.8 Å². The van der Waals surface area contributed by atoms with Crippen molar-refractivity contribution < 1.29 is 13.2 Å². The first-order valence-electron chi connectivity index (χ1n) is 10.5. The number of nitrogens with one attached hydrogen (secondary N) is 1. The van der Waals surface area contributed by atoms with E-state index in [-0.39, 0.29) is 17.6 Å². The van der Waals surface area contributed by atoms with Crippen molar-refractivity contribution in [1.29, 1.82) is 0 Å². The average molecular weight is 411 g/mol. The molecule has 4 saturated heterocycles. The van der Waals surface area contributed by atoms with Crippen LogP contribution in [-0.2, 0) is 21.5 Å². The van der Waals surface area contributed by atoms with E-state index in [4.69, 9.17) is 4.74 Å². The van der Waals surface area contributed by atoms with Gasteiger partial charge in [-0.2, -0.15) is 12.7 Å². The number of rotatable bonds is 7. The molecular weight excluding hydrogens is 380 g/mol. The molecule has 1 N–H and O–H groups in total. The molecule has 9 nitrogen and oxygen atoms in total. The van der Waals surface area contributed by atoms with Gasteiger partial charge in [0.25, 0.3) is 10.2 Å². The molecular formula is C18H30N6O3S. The van der Waals surface area contributed by atoms with E-state index in [1.165, 1.54) is 0 Å². The first-order chi connectivity index (χ1) is 13.6. The Balaban J connectivity index is 1.20. The van der Waals surface area contributed by atoms with Crippen LogP contribution < -0.4 is 4.72 Å². The summed E-state index contributed by atoms with van der Waals surface area (Å²) in [5.74, 6) is 0.685. The second-order valence-corrected chi connectivity index (χ2v) is 10.5. The Bertz CT molecular complexity index is 781. The summed E-state index contributed by atoms with van der Waals surface area (Å²) < 4.78 is 38.3. The molecule has 4 aliphatic heterocycles. The molecule has 0 unspecified atom stereocenters. The van der Waals surface area contributed by atoms with Gasteiger partial charge < -0.3 is 9.30 Å². The van der Waals surface area contributed by atoms with Crippen LogP contribution in [0.3, 0.4) is 0 Å². The van der Waals surface area contributed by atoms with Gasteiger partial charge in [0.15, 0.2) is 0 Å². The van der Waals surface area contributed by atoms with E-state index in [1.807, 2.05) is 4.57 Å². The first kappa shape index (κ1) is 18.9. The lowest BCUT2D eigenvalue weighted by Gasteiger charge is -2.31. The third kappa shape index (κ3) is 3.39. The Kier molecular flexibility index (Phi) is 4.95. The second kappa shape index (κ2) is 7.32. The van der Waals surface area contributed by atoms with Gasteiger partial charge in [-0.15, -0.1) is 10.2 Å². The van der Waals surface area contributed by atoms with E-state index in [0.717, 1.165) is 58.3 Å². The number of hydrogen-bond acceptors (Lipinski definition) is 6. The van der Waals surface area contributed by atoms with Gasteiger partial charge in [-0.25, -0.2) is 4.72 Å². The Morgan fingerprint density at radius 3 is 2.71 bits per heavy atom. The highest BCUT2D eigenvalue weighted by atomic mass is 32.2. The van der Waals surface area contributed by atoms with Gasteiger partial charge in [0.1, 0.15) is 12.7 Å². The van der Waals surface area contributed by atoms with E-state index in [1.54, 1.807) is 17.0 Å². The summed E-state index contributed by atoms with van der Waals surface area (Å²) >= 11 is 0. The number of nitrogens with zero attached hydrogens (tertiary/aromatic N) is 5. The topological polar surface area (TPSA) is 92.6 Å². The van der Waals surface area contributed by atoms with E-state index in [2.05, 4.69) is 19.8 Å². The lowest BCUT2D eigenvalue weighted by molar-refractivity contribution is 0.00261. The number of fused-ring (bicyclic) bond motifs is 1. The third-order valence-electron chi connectivity index (χ3n) is 7.15. The summed E-state index contributed by atoms with van der Waals surface area (Å²) in [4.78, 5) is 2.46. The van der Waals surface area contributed by atoms with Crippen LogP contribution >= 0.6 is 0 Å². The van der Waals surface area contributed by atoms with Crippen molar-refractivity contribution in [1.82, 2.24) is 28.7 Å². The Hall–Kier alpha value is -1.07. The highest BCUT2D eigenvalue weighted by molar-refractivity contribution is 7.87. The highest BCUT2D eigenvalue weighted by Gasteiger charge is 2.62. The number of likely N-dealkylation sites (tertiary alicyclic amines) is 1. The predicted molar refractivity (Wildman–Crippen MR) is 103 cm³/mol. The van der Waals surface area contributed by atoms with Crippen molar-refractivity contribution in [3.63, 3.8) is 0 Å². The Morgan fingerprint density at radius 1 is 1.14 bits per heavy atom. The van der Waals surface area contributed by atoms with Crippen molar-refractivity contribution in [3.8, 4) is 0 Å². The minimum atomic E-state index is -3.38. The smallest absolute Gasteiger partial charge is 0.279 e. The molecule has 0 saturated carbocycles. The number of piperidine rings is 1. The zero-order chi connectivity index (χ0) is 19.2. The maximum absolute atomic E-state index is 12.7. The van der Waals surface area contributed by atoms with Crippen molar-refractivity contribution >= 4 is 10.2 Å². The van der Waals surface area contributed by atoms with E-state index < -0.39 is 10.2 Å².